The number of carbonyl (C=O) groups is 1. The summed E-state index contributed by atoms with van der Waals surface area (Å²) in [4.78, 5) is 28.7. The Morgan fingerprint density at radius 3 is 2.57 bits per heavy atom. The third kappa shape index (κ3) is 7.61. The summed E-state index contributed by atoms with van der Waals surface area (Å²) in [6, 6.07) is 17.9. The van der Waals surface area contributed by atoms with E-state index in [4.69, 9.17) is 15.5 Å². The molecule has 2 aromatic heterocycles. The van der Waals surface area contributed by atoms with E-state index in [1.54, 1.807) is 12.3 Å². The molecule has 0 spiro atoms. The number of benzene rings is 1. The first-order chi connectivity index (χ1) is 20.1. The van der Waals surface area contributed by atoms with E-state index in [1.165, 1.54) is 29.8 Å². The molecule has 3 heterocycles. The van der Waals surface area contributed by atoms with E-state index in [2.05, 4.69) is 33.4 Å². The van der Waals surface area contributed by atoms with E-state index < -0.39 is 15.9 Å². The first kappa shape index (κ1) is 30.4. The molecule has 0 radical (unpaired) electrons. The lowest BCUT2D eigenvalue weighted by atomic mass is 9.90. The number of amides is 1. The van der Waals surface area contributed by atoms with Gasteiger partial charge in [0.2, 0.25) is 5.88 Å². The maximum Gasteiger partial charge on any atom is 0.281 e. The van der Waals surface area contributed by atoms with Gasteiger partial charge in [-0.25, -0.2) is 19.7 Å². The van der Waals surface area contributed by atoms with E-state index in [0.717, 1.165) is 18.4 Å². The van der Waals surface area contributed by atoms with Crippen molar-refractivity contribution in [3.05, 3.63) is 102 Å². The number of sulfonamides is 1. The monoisotopic (exact) mass is 588 g/mol. The molecule has 0 aliphatic carbocycles. The number of rotatable bonds is 10. The zero-order chi connectivity index (χ0) is 30.3. The zero-order valence-electron chi connectivity index (χ0n) is 24.0. The summed E-state index contributed by atoms with van der Waals surface area (Å²) in [7, 11) is -4.31. The van der Waals surface area contributed by atoms with E-state index >= 15 is 0 Å². The highest BCUT2D eigenvalue weighted by Gasteiger charge is 2.28. The number of nitrogens with two attached hydrogens (primary N) is 1. The van der Waals surface area contributed by atoms with Crippen molar-refractivity contribution in [2.75, 3.05) is 18.8 Å². The van der Waals surface area contributed by atoms with Gasteiger partial charge in [0.05, 0.1) is 11.7 Å². The minimum absolute atomic E-state index is 0.0169. The van der Waals surface area contributed by atoms with Gasteiger partial charge in [-0.1, -0.05) is 49.1 Å². The van der Waals surface area contributed by atoms with Crippen molar-refractivity contribution < 1.29 is 17.9 Å². The quantitative estimate of drug-likeness (QED) is 0.201. The van der Waals surface area contributed by atoms with Crippen molar-refractivity contribution in [3.8, 4) is 5.88 Å². The largest absolute Gasteiger partial charge is 0.475 e. The predicted octanol–water partition coefficient (Wildman–Crippen LogP) is 4.44. The van der Waals surface area contributed by atoms with Crippen LogP contribution >= 0.6 is 0 Å². The molecule has 10 nitrogen and oxygen atoms in total. The molecule has 0 bridgehead atoms. The predicted molar refractivity (Wildman–Crippen MR) is 163 cm³/mol. The number of hydrogen-bond acceptors (Lipinski definition) is 9. The standard InChI is InChI=1S/C31H36N6O4S/c1-5-26(31(38)36-42(39,40)29-15-9-14-27(32)35-29)30(34-22(4)24-16-17-28(33-19-24)41-21(2)3)37-18-10-13-25(20-37)23-11-7-6-8-12-23/h5-9,11-12,14-17,19,21,25H,1,10,13,18,20H2,2-4H3,(H2,32,35)(H,36,38)/b30-26-,34-22?/t25-/m1/s1. The number of nitrogens with one attached hydrogen (secondary N) is 1. The molecule has 11 heteroatoms. The molecule has 1 amide bonds. The molecule has 0 saturated carbocycles. The number of likely N-dealkylation sites (tertiary alicyclic amines) is 1. The minimum Gasteiger partial charge on any atom is -0.475 e. The summed E-state index contributed by atoms with van der Waals surface area (Å²) in [6.07, 6.45) is 4.80. The number of carbonyl (C=O) groups excluding carboxylic acids is 1. The highest BCUT2D eigenvalue weighted by Crippen LogP contribution is 2.30. The third-order valence-electron chi connectivity index (χ3n) is 6.71. The Labute approximate surface area is 247 Å². The van der Waals surface area contributed by atoms with Crippen LogP contribution in [-0.4, -0.2) is 54.1 Å². The van der Waals surface area contributed by atoms with Gasteiger partial charge in [-0.15, -0.1) is 0 Å². The van der Waals surface area contributed by atoms with Crippen LogP contribution in [0.4, 0.5) is 5.82 Å². The van der Waals surface area contributed by atoms with Crippen LogP contribution in [0.2, 0.25) is 0 Å². The molecule has 42 heavy (non-hydrogen) atoms. The van der Waals surface area contributed by atoms with Crippen molar-refractivity contribution in [2.24, 2.45) is 4.99 Å². The Balaban J connectivity index is 1.74. The molecular weight excluding hydrogens is 552 g/mol. The lowest BCUT2D eigenvalue weighted by molar-refractivity contribution is -0.115. The summed E-state index contributed by atoms with van der Waals surface area (Å²) < 4.78 is 33.8. The summed E-state index contributed by atoms with van der Waals surface area (Å²) in [5, 5.41) is -0.364. The number of nitrogens with zero attached hydrogens (tertiary/aromatic N) is 4. The van der Waals surface area contributed by atoms with Crippen LogP contribution in [0.1, 0.15) is 50.7 Å². The summed E-state index contributed by atoms with van der Waals surface area (Å²) in [5.41, 5.74) is 8.18. The summed E-state index contributed by atoms with van der Waals surface area (Å²) in [6.45, 7) is 10.7. The number of ether oxygens (including phenoxy) is 1. The van der Waals surface area contributed by atoms with E-state index in [0.29, 0.717) is 30.5 Å². The zero-order valence-corrected chi connectivity index (χ0v) is 24.8. The van der Waals surface area contributed by atoms with Gasteiger partial charge in [-0.3, -0.25) is 4.79 Å². The maximum absolute atomic E-state index is 13.5. The van der Waals surface area contributed by atoms with Gasteiger partial charge in [0.1, 0.15) is 11.6 Å². The lowest BCUT2D eigenvalue weighted by Gasteiger charge is -2.35. The van der Waals surface area contributed by atoms with Gasteiger partial charge in [-0.05, 0) is 57.4 Å². The molecule has 1 saturated heterocycles. The molecule has 1 aliphatic heterocycles. The molecule has 1 fully saturated rings. The van der Waals surface area contributed by atoms with Crippen LogP contribution in [-0.2, 0) is 14.8 Å². The lowest BCUT2D eigenvalue weighted by Crippen LogP contribution is -2.37. The average molecular weight is 589 g/mol. The molecule has 4 rings (SSSR count). The van der Waals surface area contributed by atoms with Crippen molar-refractivity contribution in [1.29, 1.82) is 0 Å². The Kier molecular flexibility index (Phi) is 9.74. The van der Waals surface area contributed by atoms with Crippen LogP contribution in [0, 0.1) is 0 Å². The summed E-state index contributed by atoms with van der Waals surface area (Å²) in [5.74, 6) is 0.157. The van der Waals surface area contributed by atoms with Gasteiger partial charge in [0.15, 0.2) is 5.03 Å². The Morgan fingerprint density at radius 1 is 1.17 bits per heavy atom. The molecule has 3 aromatic rings. The van der Waals surface area contributed by atoms with E-state index in [1.807, 2.05) is 49.9 Å². The fourth-order valence-electron chi connectivity index (χ4n) is 4.69. The van der Waals surface area contributed by atoms with Crippen LogP contribution in [0.15, 0.2) is 101 Å². The van der Waals surface area contributed by atoms with Gasteiger partial charge in [0, 0.05) is 42.5 Å². The van der Waals surface area contributed by atoms with Crippen molar-refractivity contribution in [2.45, 2.75) is 50.7 Å². The highest BCUT2D eigenvalue weighted by atomic mass is 32.2. The fourth-order valence-corrected chi connectivity index (χ4v) is 5.63. The molecular formula is C31H36N6O4S. The Morgan fingerprint density at radius 2 is 1.93 bits per heavy atom. The molecule has 1 aliphatic rings. The molecule has 3 N–H and O–H groups in total. The first-order valence-corrected chi connectivity index (χ1v) is 15.2. The van der Waals surface area contributed by atoms with Gasteiger partial charge in [-0.2, -0.15) is 8.42 Å². The number of anilines is 1. The number of nitrogen functional groups attached to an aromatic ring is 1. The second-order valence-corrected chi connectivity index (χ2v) is 11.9. The number of aromatic nitrogens is 2. The molecule has 220 valence electrons. The van der Waals surface area contributed by atoms with Crippen LogP contribution in [0.25, 0.3) is 0 Å². The van der Waals surface area contributed by atoms with Crippen LogP contribution < -0.4 is 15.2 Å². The van der Waals surface area contributed by atoms with Gasteiger partial charge < -0.3 is 15.4 Å². The Hall–Kier alpha value is -4.51. The number of piperidine rings is 1. The highest BCUT2D eigenvalue weighted by molar-refractivity contribution is 7.90. The van der Waals surface area contributed by atoms with E-state index in [-0.39, 0.29) is 28.4 Å². The molecule has 0 unspecified atom stereocenters. The SMILES string of the molecule is C=C/C(C(=O)NS(=O)(=O)c1cccc(N)n1)=C(\N=C(C)c1ccc(OC(C)C)nc1)N1CCC[C@@H](c2ccccc2)C1. The first-order valence-electron chi connectivity index (χ1n) is 13.7. The second kappa shape index (κ2) is 13.4. The topological polar surface area (TPSA) is 140 Å². The van der Waals surface area contributed by atoms with Crippen LogP contribution in [0.3, 0.4) is 0 Å². The smallest absolute Gasteiger partial charge is 0.281 e. The van der Waals surface area contributed by atoms with Crippen LogP contribution in [0.5, 0.6) is 5.88 Å². The second-order valence-electron chi connectivity index (χ2n) is 10.2. The number of pyridine rings is 2. The fraction of sp³-hybridized carbons (Fsp3) is 0.290. The van der Waals surface area contributed by atoms with Crippen molar-refractivity contribution >= 4 is 27.5 Å². The van der Waals surface area contributed by atoms with Gasteiger partial charge in [0.25, 0.3) is 15.9 Å². The number of hydrogen-bond donors (Lipinski definition) is 2. The number of aliphatic imine (C=N–C) groups is 1. The maximum atomic E-state index is 13.5. The van der Waals surface area contributed by atoms with Crippen molar-refractivity contribution in [3.63, 3.8) is 0 Å². The average Bonchev–Trinajstić information content (AvgIpc) is 2.97. The van der Waals surface area contributed by atoms with Gasteiger partial charge >= 0.3 is 0 Å². The third-order valence-corrected chi connectivity index (χ3v) is 7.95. The molecule has 1 aromatic carbocycles. The molecule has 1 atom stereocenters. The van der Waals surface area contributed by atoms with Crippen molar-refractivity contribution in [1.82, 2.24) is 19.6 Å². The minimum atomic E-state index is -4.31. The summed E-state index contributed by atoms with van der Waals surface area (Å²) >= 11 is 0. The van der Waals surface area contributed by atoms with E-state index in [9.17, 15) is 13.2 Å². The Bertz CT molecular complexity index is 1590. The normalized spacial score (nSPS) is 16.5.